The number of benzene rings is 1. The van der Waals surface area contributed by atoms with E-state index in [1.54, 1.807) is 16.2 Å². The highest BCUT2D eigenvalue weighted by Gasteiger charge is 2.12. The minimum atomic E-state index is 0.139. The molecule has 0 saturated heterocycles. The summed E-state index contributed by atoms with van der Waals surface area (Å²) in [5.74, 6) is 0.139. The average molecular weight is 289 g/mol. The van der Waals surface area contributed by atoms with E-state index in [0.717, 1.165) is 28.2 Å². The molecule has 0 aliphatic rings. The Hall–Kier alpha value is -1.88. The van der Waals surface area contributed by atoms with E-state index in [4.69, 9.17) is 5.73 Å². The van der Waals surface area contributed by atoms with Gasteiger partial charge in [0.05, 0.1) is 17.7 Å². The van der Waals surface area contributed by atoms with Crippen molar-refractivity contribution in [2.24, 2.45) is 0 Å². The first kappa shape index (κ1) is 14.5. The number of nitrogens with two attached hydrogens (primary N) is 1. The molecule has 1 aromatic heterocycles. The zero-order chi connectivity index (χ0) is 14.5. The maximum absolute atomic E-state index is 12.1. The molecular formula is C15H19N3OS. The van der Waals surface area contributed by atoms with Crippen LogP contribution in [0.25, 0.3) is 0 Å². The lowest BCUT2D eigenvalue weighted by molar-refractivity contribution is -0.130. The second-order valence-corrected chi connectivity index (χ2v) is 5.80. The third kappa shape index (κ3) is 3.81. The molecule has 0 atom stereocenters. The van der Waals surface area contributed by atoms with Crippen molar-refractivity contribution in [2.45, 2.75) is 26.3 Å². The van der Waals surface area contributed by atoms with Crippen LogP contribution in [-0.4, -0.2) is 22.8 Å². The molecular weight excluding hydrogens is 270 g/mol. The second-order valence-electron chi connectivity index (χ2n) is 4.86. The lowest BCUT2D eigenvalue weighted by atomic mass is 10.1. The number of amides is 1. The summed E-state index contributed by atoms with van der Waals surface area (Å²) in [5.41, 5.74) is 10.4. The molecule has 20 heavy (non-hydrogen) atoms. The summed E-state index contributed by atoms with van der Waals surface area (Å²) in [7, 11) is 1.83. The predicted octanol–water partition coefficient (Wildman–Crippen LogP) is 2.62. The van der Waals surface area contributed by atoms with E-state index in [1.165, 1.54) is 0 Å². The lowest BCUT2D eigenvalue weighted by Crippen LogP contribution is -2.26. The molecule has 2 rings (SSSR count). The molecule has 0 aliphatic carbocycles. The van der Waals surface area contributed by atoms with Gasteiger partial charge in [0.2, 0.25) is 5.91 Å². The molecule has 0 bridgehead atoms. The van der Waals surface area contributed by atoms with Crippen LogP contribution < -0.4 is 5.73 Å². The van der Waals surface area contributed by atoms with Crippen molar-refractivity contribution in [3.8, 4) is 0 Å². The number of aryl methyl sites for hydroxylation is 2. The highest BCUT2D eigenvalue weighted by Crippen LogP contribution is 2.15. The number of anilines is 1. The molecule has 0 saturated carbocycles. The Kier molecular flexibility index (Phi) is 4.74. The molecule has 0 unspecified atom stereocenters. The van der Waals surface area contributed by atoms with Crippen LogP contribution in [0.2, 0.25) is 0 Å². The van der Waals surface area contributed by atoms with E-state index < -0.39 is 0 Å². The zero-order valence-corrected chi connectivity index (χ0v) is 12.6. The number of nitrogen functional groups attached to an aromatic ring is 1. The maximum atomic E-state index is 12.1. The molecule has 0 radical (unpaired) electrons. The molecule has 1 amide bonds. The van der Waals surface area contributed by atoms with Crippen molar-refractivity contribution in [3.63, 3.8) is 0 Å². The molecule has 1 heterocycles. The smallest absolute Gasteiger partial charge is 0.222 e. The molecule has 1 aromatic carbocycles. The Labute approximate surface area is 123 Å². The van der Waals surface area contributed by atoms with Gasteiger partial charge in [0.15, 0.2) is 0 Å². The van der Waals surface area contributed by atoms with E-state index in [0.29, 0.717) is 13.0 Å². The van der Waals surface area contributed by atoms with E-state index in [1.807, 2.05) is 43.7 Å². The quantitative estimate of drug-likeness (QED) is 0.861. The largest absolute Gasteiger partial charge is 0.399 e. The van der Waals surface area contributed by atoms with E-state index >= 15 is 0 Å². The zero-order valence-electron chi connectivity index (χ0n) is 11.8. The summed E-state index contributed by atoms with van der Waals surface area (Å²) in [6.07, 6.45) is 1.22. The highest BCUT2D eigenvalue weighted by molar-refractivity contribution is 7.09. The number of nitrogens with zero attached hydrogens (tertiary/aromatic N) is 2. The Morgan fingerprint density at radius 3 is 2.90 bits per heavy atom. The topological polar surface area (TPSA) is 59.2 Å². The Morgan fingerprint density at radius 2 is 2.25 bits per heavy atom. The molecule has 0 spiro atoms. The number of hydrogen-bond donors (Lipinski definition) is 1. The number of aromatic nitrogens is 1. The molecule has 5 heteroatoms. The van der Waals surface area contributed by atoms with Crippen molar-refractivity contribution < 1.29 is 4.79 Å². The third-order valence-corrected chi connectivity index (χ3v) is 4.15. The monoisotopic (exact) mass is 289 g/mol. The standard InChI is InChI=1S/C15H19N3OS/c1-11-14(20-10-17-11)9-18(2)15(19)7-6-12-4-3-5-13(16)8-12/h3-5,8,10H,6-7,9,16H2,1-2H3. The van der Waals surface area contributed by atoms with Crippen molar-refractivity contribution >= 4 is 22.9 Å². The summed E-state index contributed by atoms with van der Waals surface area (Å²) in [6, 6.07) is 7.68. The Balaban J connectivity index is 1.87. The Bertz CT molecular complexity index is 594. The number of hydrogen-bond acceptors (Lipinski definition) is 4. The van der Waals surface area contributed by atoms with Gasteiger partial charge < -0.3 is 10.6 Å². The van der Waals surface area contributed by atoms with Crippen LogP contribution in [0, 0.1) is 6.92 Å². The summed E-state index contributed by atoms with van der Waals surface area (Å²) in [4.78, 5) is 19.2. The summed E-state index contributed by atoms with van der Waals surface area (Å²) >= 11 is 1.59. The van der Waals surface area contributed by atoms with Gasteiger partial charge in [-0.1, -0.05) is 12.1 Å². The van der Waals surface area contributed by atoms with Gasteiger partial charge in [-0.2, -0.15) is 0 Å². The van der Waals surface area contributed by atoms with Crippen molar-refractivity contribution in [1.29, 1.82) is 0 Å². The normalized spacial score (nSPS) is 10.5. The Morgan fingerprint density at radius 1 is 1.45 bits per heavy atom. The molecule has 2 aromatic rings. The number of thiazole rings is 1. The number of carbonyl (C=O) groups is 1. The molecule has 0 fully saturated rings. The first-order valence-corrected chi connectivity index (χ1v) is 7.41. The fourth-order valence-corrected chi connectivity index (χ4v) is 2.80. The summed E-state index contributed by atoms with van der Waals surface area (Å²) in [6.45, 7) is 2.60. The third-order valence-electron chi connectivity index (χ3n) is 3.23. The van der Waals surface area contributed by atoms with Crippen molar-refractivity contribution in [1.82, 2.24) is 9.88 Å². The van der Waals surface area contributed by atoms with Crippen LogP contribution >= 0.6 is 11.3 Å². The van der Waals surface area contributed by atoms with Gasteiger partial charge in [-0.3, -0.25) is 4.79 Å². The average Bonchev–Trinajstić information content (AvgIpc) is 2.81. The van der Waals surface area contributed by atoms with Gasteiger partial charge in [0.1, 0.15) is 0 Å². The van der Waals surface area contributed by atoms with Crippen LogP contribution in [0.15, 0.2) is 29.8 Å². The minimum absolute atomic E-state index is 0.139. The number of carbonyl (C=O) groups excluding carboxylic acids is 1. The molecule has 2 N–H and O–H groups in total. The van der Waals surface area contributed by atoms with Crippen molar-refractivity contribution in [3.05, 3.63) is 45.9 Å². The SMILES string of the molecule is Cc1ncsc1CN(C)C(=O)CCc1cccc(N)c1. The van der Waals surface area contributed by atoms with Crippen LogP contribution in [0.3, 0.4) is 0 Å². The van der Waals surface area contributed by atoms with Crippen LogP contribution in [0.4, 0.5) is 5.69 Å². The summed E-state index contributed by atoms with van der Waals surface area (Å²) < 4.78 is 0. The maximum Gasteiger partial charge on any atom is 0.222 e. The van der Waals surface area contributed by atoms with E-state index in [9.17, 15) is 4.79 Å². The van der Waals surface area contributed by atoms with Gasteiger partial charge in [-0.25, -0.2) is 4.98 Å². The predicted molar refractivity (Wildman–Crippen MR) is 82.5 cm³/mol. The van der Waals surface area contributed by atoms with Crippen LogP contribution in [0.1, 0.15) is 22.6 Å². The molecule has 0 aliphatic heterocycles. The van der Waals surface area contributed by atoms with E-state index in [2.05, 4.69) is 4.98 Å². The van der Waals surface area contributed by atoms with Gasteiger partial charge >= 0.3 is 0 Å². The lowest BCUT2D eigenvalue weighted by Gasteiger charge is -2.16. The highest BCUT2D eigenvalue weighted by atomic mass is 32.1. The van der Waals surface area contributed by atoms with Crippen molar-refractivity contribution in [2.75, 3.05) is 12.8 Å². The van der Waals surface area contributed by atoms with Crippen LogP contribution in [0.5, 0.6) is 0 Å². The van der Waals surface area contributed by atoms with Crippen LogP contribution in [-0.2, 0) is 17.8 Å². The van der Waals surface area contributed by atoms with Gasteiger partial charge in [0, 0.05) is 24.0 Å². The fourth-order valence-electron chi connectivity index (χ4n) is 1.97. The summed E-state index contributed by atoms with van der Waals surface area (Å²) in [5, 5.41) is 0. The molecule has 4 nitrogen and oxygen atoms in total. The number of rotatable bonds is 5. The van der Waals surface area contributed by atoms with Gasteiger partial charge in [0.25, 0.3) is 0 Å². The van der Waals surface area contributed by atoms with E-state index in [-0.39, 0.29) is 5.91 Å². The van der Waals surface area contributed by atoms with Gasteiger partial charge in [-0.15, -0.1) is 11.3 Å². The minimum Gasteiger partial charge on any atom is -0.399 e. The second kappa shape index (κ2) is 6.52. The van der Waals surface area contributed by atoms with Gasteiger partial charge in [-0.05, 0) is 31.0 Å². The molecule has 106 valence electrons. The first-order valence-electron chi connectivity index (χ1n) is 6.53. The fraction of sp³-hybridized carbons (Fsp3) is 0.333. The first-order chi connectivity index (χ1) is 9.56.